The molecule has 1 amide bonds. The third kappa shape index (κ3) is 3.22. The SMILES string of the molecule is Cc1cc2c(cc1F)[C@@]1(C(=O)N2)C(CC(C)(C)C)N[C@@H](C(=O)O)C1c1cccc(C)c1F. The highest BCUT2D eigenvalue weighted by Crippen LogP contribution is 2.57. The molecule has 2 aromatic carbocycles. The molecule has 32 heavy (non-hydrogen) atoms. The molecule has 2 aliphatic heterocycles. The van der Waals surface area contributed by atoms with Crippen molar-refractivity contribution in [1.82, 2.24) is 5.32 Å². The van der Waals surface area contributed by atoms with Gasteiger partial charge in [0.1, 0.15) is 23.1 Å². The number of halogens is 2. The number of nitrogens with one attached hydrogen (secondary N) is 2. The second-order valence-corrected chi connectivity index (χ2v) is 10.2. The Balaban J connectivity index is 2.06. The molecule has 5 nitrogen and oxygen atoms in total. The number of carbonyl (C=O) groups excluding carboxylic acids is 1. The summed E-state index contributed by atoms with van der Waals surface area (Å²) in [5.74, 6) is -3.71. The van der Waals surface area contributed by atoms with Gasteiger partial charge in [-0.1, -0.05) is 39.0 Å². The molecule has 0 bridgehead atoms. The average molecular weight is 443 g/mol. The van der Waals surface area contributed by atoms with Crippen molar-refractivity contribution in [2.45, 2.75) is 64.5 Å². The summed E-state index contributed by atoms with van der Waals surface area (Å²) in [6, 6.07) is 5.79. The van der Waals surface area contributed by atoms with Crippen LogP contribution in [0.3, 0.4) is 0 Å². The maximum Gasteiger partial charge on any atom is 0.321 e. The van der Waals surface area contributed by atoms with Gasteiger partial charge >= 0.3 is 5.97 Å². The minimum absolute atomic E-state index is 0.144. The van der Waals surface area contributed by atoms with E-state index in [-0.39, 0.29) is 11.0 Å². The Morgan fingerprint density at radius 3 is 2.47 bits per heavy atom. The van der Waals surface area contributed by atoms with E-state index in [4.69, 9.17) is 0 Å². The first-order valence-electron chi connectivity index (χ1n) is 10.7. The molecule has 0 aromatic heterocycles. The molecule has 170 valence electrons. The van der Waals surface area contributed by atoms with Crippen LogP contribution >= 0.6 is 0 Å². The summed E-state index contributed by atoms with van der Waals surface area (Å²) in [6.07, 6.45) is 0.434. The second-order valence-electron chi connectivity index (χ2n) is 10.2. The predicted molar refractivity (Wildman–Crippen MR) is 118 cm³/mol. The van der Waals surface area contributed by atoms with Gasteiger partial charge in [0.25, 0.3) is 0 Å². The van der Waals surface area contributed by atoms with E-state index in [0.29, 0.717) is 28.8 Å². The van der Waals surface area contributed by atoms with Gasteiger partial charge in [0.15, 0.2) is 0 Å². The van der Waals surface area contributed by atoms with Crippen molar-refractivity contribution in [3.8, 4) is 0 Å². The molecule has 1 saturated heterocycles. The number of aliphatic carboxylic acids is 1. The molecule has 7 heteroatoms. The Morgan fingerprint density at radius 1 is 1.16 bits per heavy atom. The fourth-order valence-corrected chi connectivity index (χ4v) is 5.44. The van der Waals surface area contributed by atoms with Crippen LogP contribution in [-0.4, -0.2) is 29.1 Å². The quantitative estimate of drug-likeness (QED) is 0.658. The van der Waals surface area contributed by atoms with Gasteiger partial charge in [0.05, 0.1) is 0 Å². The van der Waals surface area contributed by atoms with Crippen molar-refractivity contribution < 1.29 is 23.5 Å². The number of fused-ring (bicyclic) bond motifs is 2. The van der Waals surface area contributed by atoms with Crippen molar-refractivity contribution in [3.63, 3.8) is 0 Å². The average Bonchev–Trinajstić information content (AvgIpc) is 3.14. The van der Waals surface area contributed by atoms with Crippen LogP contribution in [0.15, 0.2) is 30.3 Å². The lowest BCUT2D eigenvalue weighted by molar-refractivity contribution is -0.139. The summed E-state index contributed by atoms with van der Waals surface area (Å²) in [4.78, 5) is 26.1. The van der Waals surface area contributed by atoms with Crippen LogP contribution in [0, 0.1) is 30.9 Å². The summed E-state index contributed by atoms with van der Waals surface area (Å²) in [7, 11) is 0. The highest BCUT2D eigenvalue weighted by molar-refractivity contribution is 6.09. The van der Waals surface area contributed by atoms with Crippen LogP contribution in [0.1, 0.15) is 55.4 Å². The second kappa shape index (κ2) is 7.37. The molecule has 2 aromatic rings. The molecule has 1 fully saturated rings. The number of aryl methyl sites for hydroxylation is 2. The number of carboxylic acids is 1. The number of anilines is 1. The summed E-state index contributed by atoms with van der Waals surface area (Å²) in [5.41, 5.74) is -0.0669. The topological polar surface area (TPSA) is 78.4 Å². The third-order valence-electron chi connectivity index (χ3n) is 6.76. The van der Waals surface area contributed by atoms with E-state index in [1.54, 1.807) is 32.0 Å². The van der Waals surface area contributed by atoms with Gasteiger partial charge in [-0.25, -0.2) is 8.78 Å². The Morgan fingerprint density at radius 2 is 1.84 bits per heavy atom. The maximum absolute atomic E-state index is 15.4. The molecule has 3 N–H and O–H groups in total. The van der Waals surface area contributed by atoms with E-state index in [1.165, 1.54) is 12.1 Å². The highest BCUT2D eigenvalue weighted by Gasteiger charge is 2.66. The summed E-state index contributed by atoms with van der Waals surface area (Å²) < 4.78 is 30.2. The number of carboxylic acid groups (broad SMARTS) is 1. The number of hydrogen-bond acceptors (Lipinski definition) is 3. The molecule has 2 aliphatic rings. The summed E-state index contributed by atoms with van der Waals surface area (Å²) in [6.45, 7) is 9.17. The van der Waals surface area contributed by atoms with E-state index < -0.39 is 46.9 Å². The van der Waals surface area contributed by atoms with Crippen LogP contribution < -0.4 is 10.6 Å². The normalized spacial score (nSPS) is 27.0. The number of carbonyl (C=O) groups is 2. The third-order valence-corrected chi connectivity index (χ3v) is 6.76. The molecule has 0 radical (unpaired) electrons. The molecule has 2 heterocycles. The van der Waals surface area contributed by atoms with Gasteiger partial charge in [0, 0.05) is 17.6 Å². The van der Waals surface area contributed by atoms with Crippen LogP contribution in [0.2, 0.25) is 0 Å². The van der Waals surface area contributed by atoms with Crippen LogP contribution in [-0.2, 0) is 15.0 Å². The zero-order valence-electron chi connectivity index (χ0n) is 18.8. The number of benzene rings is 2. The first-order chi connectivity index (χ1) is 14.9. The summed E-state index contributed by atoms with van der Waals surface area (Å²) in [5, 5.41) is 16.1. The Labute approximate surface area is 186 Å². The zero-order valence-corrected chi connectivity index (χ0v) is 18.8. The van der Waals surface area contributed by atoms with Crippen LogP contribution in [0.25, 0.3) is 0 Å². The van der Waals surface area contributed by atoms with Gasteiger partial charge in [0.2, 0.25) is 5.91 Å². The molecule has 1 spiro atoms. The maximum atomic E-state index is 15.4. The molecular formula is C25H28F2N2O3. The van der Waals surface area contributed by atoms with Gasteiger partial charge in [-0.15, -0.1) is 0 Å². The number of amides is 1. The Hall–Kier alpha value is -2.80. The lowest BCUT2D eigenvalue weighted by atomic mass is 9.62. The first-order valence-corrected chi connectivity index (χ1v) is 10.7. The standard InChI is InChI=1S/C25H28F2N2O3/c1-12-7-6-8-14(20(12)27)19-21(22(30)31)29-18(11-24(3,4)5)25(19)15-10-16(26)13(2)9-17(15)28-23(25)32/h6-10,18-19,21,29H,11H2,1-5H3,(H,28,32)(H,30,31)/t18?,19?,21-,25-/m1/s1. The van der Waals surface area contributed by atoms with Crippen LogP contribution in [0.4, 0.5) is 14.5 Å². The Bertz CT molecular complexity index is 1120. The van der Waals surface area contributed by atoms with Gasteiger partial charge in [-0.3, -0.25) is 14.9 Å². The van der Waals surface area contributed by atoms with Gasteiger partial charge in [-0.2, -0.15) is 0 Å². The molecular weight excluding hydrogens is 414 g/mol. The minimum Gasteiger partial charge on any atom is -0.480 e. The number of rotatable bonds is 3. The lowest BCUT2D eigenvalue weighted by Crippen LogP contribution is -2.49. The monoisotopic (exact) mass is 442 g/mol. The Kier molecular flexibility index (Phi) is 5.16. The summed E-state index contributed by atoms with van der Waals surface area (Å²) >= 11 is 0. The van der Waals surface area contributed by atoms with Crippen molar-refractivity contribution >= 4 is 17.6 Å². The highest BCUT2D eigenvalue weighted by atomic mass is 19.1. The van der Waals surface area contributed by atoms with Crippen molar-refractivity contribution in [1.29, 1.82) is 0 Å². The molecule has 2 unspecified atom stereocenters. The molecule has 4 rings (SSSR count). The van der Waals surface area contributed by atoms with E-state index in [1.807, 2.05) is 20.8 Å². The predicted octanol–water partition coefficient (Wildman–Crippen LogP) is 4.42. The van der Waals surface area contributed by atoms with E-state index in [2.05, 4.69) is 10.6 Å². The van der Waals surface area contributed by atoms with E-state index in [9.17, 15) is 19.1 Å². The van der Waals surface area contributed by atoms with Crippen LogP contribution in [0.5, 0.6) is 0 Å². The smallest absolute Gasteiger partial charge is 0.321 e. The largest absolute Gasteiger partial charge is 0.480 e. The fraction of sp³-hybridized carbons (Fsp3) is 0.440. The van der Waals surface area contributed by atoms with Crippen molar-refractivity contribution in [3.05, 3.63) is 64.2 Å². The van der Waals surface area contributed by atoms with E-state index >= 15 is 4.39 Å². The first kappa shape index (κ1) is 22.4. The molecule has 4 atom stereocenters. The number of hydrogen-bond donors (Lipinski definition) is 3. The van der Waals surface area contributed by atoms with Gasteiger partial charge in [-0.05, 0) is 60.1 Å². The van der Waals surface area contributed by atoms with E-state index in [0.717, 1.165) is 0 Å². The van der Waals surface area contributed by atoms with Crippen molar-refractivity contribution in [2.75, 3.05) is 5.32 Å². The zero-order chi connectivity index (χ0) is 23.6. The van der Waals surface area contributed by atoms with Crippen molar-refractivity contribution in [2.24, 2.45) is 5.41 Å². The van der Waals surface area contributed by atoms with Gasteiger partial charge < -0.3 is 10.4 Å². The fourth-order valence-electron chi connectivity index (χ4n) is 5.44. The molecule has 0 aliphatic carbocycles. The molecule has 0 saturated carbocycles. The minimum atomic E-state index is -1.48. The lowest BCUT2D eigenvalue weighted by Gasteiger charge is -2.37.